The quantitative estimate of drug-likeness (QED) is 0.626. The summed E-state index contributed by atoms with van der Waals surface area (Å²) < 4.78 is 7.43. The number of hydrogen-bond donors (Lipinski definition) is 1. The van der Waals surface area contributed by atoms with Crippen LogP contribution in [0.5, 0.6) is 0 Å². The van der Waals surface area contributed by atoms with E-state index >= 15 is 0 Å². The maximum atomic E-state index is 12.9. The van der Waals surface area contributed by atoms with Crippen LogP contribution < -0.4 is 5.56 Å². The van der Waals surface area contributed by atoms with Gasteiger partial charge in [0.1, 0.15) is 11.2 Å². The van der Waals surface area contributed by atoms with Gasteiger partial charge >= 0.3 is 0 Å². The molecule has 3 aliphatic rings. The SMILES string of the molecule is C[C@@H]1CN(Cc2cnc(C3=CC=CC3)cn2)C[C@H]1c1nc2c(cnn2C2CCOCC2)c(=O)[nH]1. The first-order valence-corrected chi connectivity index (χ1v) is 12.1. The van der Waals surface area contributed by atoms with Gasteiger partial charge in [-0.05, 0) is 30.8 Å². The standard InChI is InChI=1S/C25H29N7O2/c1-16-13-31(14-18-10-27-22(12-26-18)17-4-2-3-5-17)15-21(16)23-29-24-20(25(33)30-23)11-28-32(24)19-6-8-34-9-7-19/h2-4,10-12,16,19,21H,5-9,13-15H2,1H3,(H,29,30,33)/t16-,21-/m1/s1. The number of nitrogens with zero attached hydrogens (tertiary/aromatic N) is 6. The minimum atomic E-state index is -0.110. The van der Waals surface area contributed by atoms with E-state index in [1.165, 1.54) is 5.57 Å². The lowest BCUT2D eigenvalue weighted by Gasteiger charge is -2.23. The number of ether oxygens (including phenoxy) is 1. The van der Waals surface area contributed by atoms with E-state index < -0.39 is 0 Å². The Hall–Kier alpha value is -3.17. The molecule has 176 valence electrons. The molecule has 0 bridgehead atoms. The highest BCUT2D eigenvalue weighted by Gasteiger charge is 2.33. The van der Waals surface area contributed by atoms with E-state index in [2.05, 4.69) is 50.1 Å². The van der Waals surface area contributed by atoms with Crippen LogP contribution >= 0.6 is 0 Å². The first-order chi connectivity index (χ1) is 16.7. The second-order valence-corrected chi connectivity index (χ2v) is 9.62. The minimum Gasteiger partial charge on any atom is -0.381 e. The van der Waals surface area contributed by atoms with Crippen LogP contribution in [0.1, 0.15) is 55.4 Å². The average Bonchev–Trinajstić information content (AvgIpc) is 3.60. The fourth-order valence-electron chi connectivity index (χ4n) is 5.35. The van der Waals surface area contributed by atoms with Crippen molar-refractivity contribution in [3.05, 3.63) is 64.4 Å². The van der Waals surface area contributed by atoms with Crippen molar-refractivity contribution in [3.63, 3.8) is 0 Å². The number of aromatic amines is 1. The zero-order valence-corrected chi connectivity index (χ0v) is 19.4. The van der Waals surface area contributed by atoms with Crippen LogP contribution in [-0.2, 0) is 11.3 Å². The molecule has 0 aromatic carbocycles. The van der Waals surface area contributed by atoms with Gasteiger partial charge in [0.15, 0.2) is 5.65 Å². The molecule has 3 aromatic rings. The molecule has 2 saturated heterocycles. The van der Waals surface area contributed by atoms with Gasteiger partial charge in [-0.2, -0.15) is 5.10 Å². The number of aromatic nitrogens is 6. The largest absolute Gasteiger partial charge is 0.381 e. The van der Waals surface area contributed by atoms with Crippen molar-refractivity contribution in [2.24, 2.45) is 5.92 Å². The smallest absolute Gasteiger partial charge is 0.262 e. The van der Waals surface area contributed by atoms with Crippen LogP contribution in [0, 0.1) is 5.92 Å². The molecule has 0 amide bonds. The third kappa shape index (κ3) is 3.99. The lowest BCUT2D eigenvalue weighted by molar-refractivity contribution is 0.0673. The number of allylic oxidation sites excluding steroid dienone is 4. The maximum absolute atomic E-state index is 12.9. The molecule has 2 aliphatic heterocycles. The molecule has 34 heavy (non-hydrogen) atoms. The second-order valence-electron chi connectivity index (χ2n) is 9.62. The van der Waals surface area contributed by atoms with Gasteiger partial charge in [0, 0.05) is 38.8 Å². The monoisotopic (exact) mass is 459 g/mol. The Bertz CT molecular complexity index is 1300. The van der Waals surface area contributed by atoms with Gasteiger partial charge in [-0.3, -0.25) is 19.7 Å². The molecule has 6 rings (SSSR count). The van der Waals surface area contributed by atoms with E-state index in [9.17, 15) is 4.79 Å². The van der Waals surface area contributed by atoms with Crippen molar-refractivity contribution in [2.75, 3.05) is 26.3 Å². The maximum Gasteiger partial charge on any atom is 0.262 e. The molecular weight excluding hydrogens is 430 g/mol. The van der Waals surface area contributed by atoms with Gasteiger partial charge in [-0.1, -0.05) is 25.2 Å². The molecule has 9 nitrogen and oxygen atoms in total. The molecule has 5 heterocycles. The topological polar surface area (TPSA) is 102 Å². The van der Waals surface area contributed by atoms with Crippen LogP contribution in [0.2, 0.25) is 0 Å². The average molecular weight is 460 g/mol. The van der Waals surface area contributed by atoms with E-state index in [4.69, 9.17) is 9.72 Å². The number of H-pyrrole nitrogens is 1. The Morgan fingerprint density at radius 3 is 2.79 bits per heavy atom. The molecule has 2 fully saturated rings. The van der Waals surface area contributed by atoms with E-state index in [0.717, 1.165) is 69.3 Å². The highest BCUT2D eigenvalue weighted by atomic mass is 16.5. The van der Waals surface area contributed by atoms with Gasteiger partial charge in [0.05, 0.1) is 36.0 Å². The van der Waals surface area contributed by atoms with Gasteiger partial charge < -0.3 is 9.72 Å². The second kappa shape index (κ2) is 8.88. The summed E-state index contributed by atoms with van der Waals surface area (Å²) in [6.07, 6.45) is 14.4. The Labute approximate surface area is 197 Å². The predicted molar refractivity (Wildman–Crippen MR) is 128 cm³/mol. The summed E-state index contributed by atoms with van der Waals surface area (Å²) in [6.45, 7) is 6.13. The summed E-state index contributed by atoms with van der Waals surface area (Å²) >= 11 is 0. The number of rotatable bonds is 5. The molecular formula is C25H29N7O2. The first-order valence-electron chi connectivity index (χ1n) is 12.1. The lowest BCUT2D eigenvalue weighted by atomic mass is 9.97. The summed E-state index contributed by atoms with van der Waals surface area (Å²) in [5.41, 5.74) is 3.68. The van der Waals surface area contributed by atoms with Crippen molar-refractivity contribution < 1.29 is 4.74 Å². The zero-order chi connectivity index (χ0) is 23.1. The molecule has 0 unspecified atom stereocenters. The summed E-state index contributed by atoms with van der Waals surface area (Å²) in [6, 6.07) is 0.225. The molecule has 9 heteroatoms. The Morgan fingerprint density at radius 1 is 1.15 bits per heavy atom. The number of nitrogens with one attached hydrogen (secondary N) is 1. The molecule has 3 aromatic heterocycles. The number of fused-ring (bicyclic) bond motifs is 1. The molecule has 0 saturated carbocycles. The summed E-state index contributed by atoms with van der Waals surface area (Å²) in [5, 5.41) is 5.07. The number of likely N-dealkylation sites (tertiary alicyclic amines) is 1. The van der Waals surface area contributed by atoms with Gasteiger partial charge in [-0.15, -0.1) is 0 Å². The first kappa shape index (κ1) is 21.4. The molecule has 2 atom stereocenters. The highest BCUT2D eigenvalue weighted by Crippen LogP contribution is 2.32. The van der Waals surface area contributed by atoms with Crippen LogP contribution in [0.4, 0.5) is 0 Å². The van der Waals surface area contributed by atoms with E-state index in [1.807, 2.05) is 17.1 Å². The zero-order valence-electron chi connectivity index (χ0n) is 19.4. The molecule has 0 radical (unpaired) electrons. The number of hydrogen-bond acceptors (Lipinski definition) is 7. The molecule has 1 aliphatic carbocycles. The van der Waals surface area contributed by atoms with Crippen molar-refractivity contribution >= 4 is 16.6 Å². The lowest BCUT2D eigenvalue weighted by Crippen LogP contribution is -2.23. The van der Waals surface area contributed by atoms with Crippen LogP contribution in [0.25, 0.3) is 16.6 Å². The molecule has 1 N–H and O–H groups in total. The summed E-state index contributed by atoms with van der Waals surface area (Å²) in [5.74, 6) is 1.27. The third-order valence-corrected chi connectivity index (χ3v) is 7.25. The van der Waals surface area contributed by atoms with Crippen molar-refractivity contribution in [1.82, 2.24) is 34.6 Å². The third-order valence-electron chi connectivity index (χ3n) is 7.25. The predicted octanol–water partition coefficient (Wildman–Crippen LogP) is 2.84. The van der Waals surface area contributed by atoms with E-state index in [-0.39, 0.29) is 17.5 Å². The summed E-state index contributed by atoms with van der Waals surface area (Å²) in [7, 11) is 0. The Kier molecular flexibility index (Phi) is 5.58. The Morgan fingerprint density at radius 2 is 2.03 bits per heavy atom. The van der Waals surface area contributed by atoms with Gasteiger partial charge in [0.25, 0.3) is 5.56 Å². The Balaban J connectivity index is 1.20. The van der Waals surface area contributed by atoms with Crippen molar-refractivity contribution in [3.8, 4) is 0 Å². The highest BCUT2D eigenvalue weighted by molar-refractivity contribution is 5.73. The van der Waals surface area contributed by atoms with Crippen LogP contribution in [0.15, 0.2) is 41.6 Å². The summed E-state index contributed by atoms with van der Waals surface area (Å²) in [4.78, 5) is 32.5. The molecule has 0 spiro atoms. The van der Waals surface area contributed by atoms with Gasteiger partial charge in [-0.25, -0.2) is 9.67 Å². The van der Waals surface area contributed by atoms with Gasteiger partial charge in [0.2, 0.25) is 0 Å². The van der Waals surface area contributed by atoms with Crippen LogP contribution in [-0.4, -0.2) is 60.9 Å². The van der Waals surface area contributed by atoms with Crippen molar-refractivity contribution in [1.29, 1.82) is 0 Å². The minimum absolute atomic E-state index is 0.110. The fourth-order valence-corrected chi connectivity index (χ4v) is 5.35. The van der Waals surface area contributed by atoms with Crippen LogP contribution in [0.3, 0.4) is 0 Å². The normalized spacial score (nSPS) is 23.7. The van der Waals surface area contributed by atoms with E-state index in [1.54, 1.807) is 6.20 Å². The van der Waals surface area contributed by atoms with Crippen molar-refractivity contribution in [2.45, 2.75) is 44.7 Å². The van der Waals surface area contributed by atoms with E-state index in [0.29, 0.717) is 17.0 Å². The fraction of sp³-hybridized carbons (Fsp3) is 0.480.